The molecule has 0 aliphatic rings. The van der Waals surface area contributed by atoms with Gasteiger partial charge in [0.05, 0.1) is 21.6 Å². The average molecular weight is 434 g/mol. The Labute approximate surface area is 180 Å². The summed E-state index contributed by atoms with van der Waals surface area (Å²) in [4.78, 5) is 44.7. The van der Waals surface area contributed by atoms with E-state index in [1.54, 1.807) is 18.2 Å². The van der Waals surface area contributed by atoms with Crippen LogP contribution in [0.25, 0.3) is 0 Å². The molecule has 0 bridgehead atoms. The summed E-state index contributed by atoms with van der Waals surface area (Å²) < 4.78 is 5.33. The summed E-state index contributed by atoms with van der Waals surface area (Å²) in [5, 5.41) is 25.2. The van der Waals surface area contributed by atoms with Gasteiger partial charge in [-0.2, -0.15) is 5.10 Å². The van der Waals surface area contributed by atoms with Crippen molar-refractivity contribution >= 4 is 29.5 Å². The van der Waals surface area contributed by atoms with Gasteiger partial charge >= 0.3 is 5.97 Å². The number of esters is 1. The summed E-state index contributed by atoms with van der Waals surface area (Å²) in [5.74, 6) is -1.16. The van der Waals surface area contributed by atoms with Crippen LogP contribution in [0.4, 0.5) is 11.4 Å². The van der Waals surface area contributed by atoms with Crippen LogP contribution in [0.3, 0.4) is 0 Å². The maximum atomic E-state index is 12.3. The van der Waals surface area contributed by atoms with Crippen LogP contribution in [0.15, 0.2) is 77.9 Å². The van der Waals surface area contributed by atoms with Crippen molar-refractivity contribution in [3.8, 4) is 5.75 Å². The zero-order valence-electron chi connectivity index (χ0n) is 16.2. The summed E-state index contributed by atoms with van der Waals surface area (Å²) in [6, 6.07) is 16.3. The Kier molecular flexibility index (Phi) is 6.61. The van der Waals surface area contributed by atoms with Crippen LogP contribution in [0.5, 0.6) is 5.75 Å². The highest BCUT2D eigenvalue weighted by Gasteiger charge is 2.13. The molecule has 1 N–H and O–H groups in total. The van der Waals surface area contributed by atoms with E-state index in [2.05, 4.69) is 10.5 Å². The molecular weight excluding hydrogens is 420 g/mol. The molecule has 0 spiro atoms. The summed E-state index contributed by atoms with van der Waals surface area (Å²) in [7, 11) is 0. The minimum atomic E-state index is -0.726. The molecule has 3 aromatic carbocycles. The second-order valence-electron chi connectivity index (χ2n) is 6.23. The molecule has 1 amide bonds. The van der Waals surface area contributed by atoms with Gasteiger partial charge in [-0.3, -0.25) is 25.0 Å². The number of nitro groups is 2. The number of amides is 1. The summed E-state index contributed by atoms with van der Waals surface area (Å²) in [6.45, 7) is 0. The molecule has 32 heavy (non-hydrogen) atoms. The van der Waals surface area contributed by atoms with Crippen molar-refractivity contribution < 1.29 is 24.2 Å². The Morgan fingerprint density at radius 2 is 1.34 bits per heavy atom. The van der Waals surface area contributed by atoms with E-state index in [0.29, 0.717) is 5.56 Å². The summed E-state index contributed by atoms with van der Waals surface area (Å²) >= 11 is 0. The first kappa shape index (κ1) is 21.8. The fraction of sp³-hybridized carbons (Fsp3) is 0. The van der Waals surface area contributed by atoms with Gasteiger partial charge in [0.1, 0.15) is 5.75 Å². The first-order valence-corrected chi connectivity index (χ1v) is 8.98. The second-order valence-corrected chi connectivity index (χ2v) is 6.23. The molecule has 0 aliphatic heterocycles. The fourth-order valence-electron chi connectivity index (χ4n) is 2.52. The fourth-order valence-corrected chi connectivity index (χ4v) is 2.52. The van der Waals surface area contributed by atoms with E-state index >= 15 is 0 Å². The average Bonchev–Trinajstić information content (AvgIpc) is 2.80. The number of ether oxygens (including phenoxy) is 1. The highest BCUT2D eigenvalue weighted by atomic mass is 16.6. The lowest BCUT2D eigenvalue weighted by atomic mass is 10.2. The maximum Gasteiger partial charge on any atom is 0.343 e. The molecule has 0 aliphatic carbocycles. The van der Waals surface area contributed by atoms with Gasteiger partial charge in [0.2, 0.25) is 0 Å². The van der Waals surface area contributed by atoms with E-state index in [1.165, 1.54) is 60.8 Å². The molecule has 0 fully saturated rings. The lowest BCUT2D eigenvalue weighted by Crippen LogP contribution is -2.17. The van der Waals surface area contributed by atoms with Gasteiger partial charge in [0.15, 0.2) is 0 Å². The number of para-hydroxylation sites is 1. The third kappa shape index (κ3) is 5.36. The Hall–Kier alpha value is -4.93. The minimum Gasteiger partial charge on any atom is -0.422 e. The third-order valence-electron chi connectivity index (χ3n) is 4.15. The maximum absolute atomic E-state index is 12.3. The lowest BCUT2D eigenvalue weighted by molar-refractivity contribution is -0.385. The minimum absolute atomic E-state index is 0.119. The summed E-state index contributed by atoms with van der Waals surface area (Å²) in [6.07, 6.45) is 1.27. The summed E-state index contributed by atoms with van der Waals surface area (Å²) in [5.41, 5.74) is 2.65. The standard InChI is InChI=1S/C21H14N4O7/c26-20(14-5-9-17(10-6-14)24(28)29)23-22-13-16-3-1-2-4-19(16)32-21(27)15-7-11-18(12-8-15)25(30)31/h1-13H,(H,23,26)/b22-13+. The zero-order chi connectivity index (χ0) is 23.1. The quantitative estimate of drug-likeness (QED) is 0.196. The molecule has 0 radical (unpaired) electrons. The number of hydrazone groups is 1. The van der Waals surface area contributed by atoms with E-state index in [4.69, 9.17) is 4.74 Å². The van der Waals surface area contributed by atoms with Gasteiger partial charge in [-0.1, -0.05) is 12.1 Å². The first-order chi connectivity index (χ1) is 15.3. The normalized spacial score (nSPS) is 10.5. The number of hydrogen-bond donors (Lipinski definition) is 1. The molecule has 11 heteroatoms. The Morgan fingerprint density at radius 1 is 0.812 bits per heavy atom. The van der Waals surface area contributed by atoms with Crippen LogP contribution in [-0.4, -0.2) is 27.9 Å². The first-order valence-electron chi connectivity index (χ1n) is 8.98. The number of nitrogens with one attached hydrogen (secondary N) is 1. The van der Waals surface area contributed by atoms with Crippen molar-refractivity contribution in [2.24, 2.45) is 5.10 Å². The number of rotatable bonds is 7. The smallest absolute Gasteiger partial charge is 0.343 e. The van der Waals surface area contributed by atoms with Crippen LogP contribution < -0.4 is 10.2 Å². The molecule has 0 unspecified atom stereocenters. The van der Waals surface area contributed by atoms with E-state index in [-0.39, 0.29) is 28.3 Å². The molecule has 3 rings (SSSR count). The predicted octanol–water partition coefficient (Wildman–Crippen LogP) is 3.49. The van der Waals surface area contributed by atoms with Crippen LogP contribution in [-0.2, 0) is 0 Å². The number of benzene rings is 3. The highest BCUT2D eigenvalue weighted by Crippen LogP contribution is 2.19. The Morgan fingerprint density at radius 3 is 1.91 bits per heavy atom. The van der Waals surface area contributed by atoms with E-state index < -0.39 is 21.7 Å². The van der Waals surface area contributed by atoms with Crippen LogP contribution in [0, 0.1) is 20.2 Å². The molecule has 0 heterocycles. The Bertz CT molecular complexity index is 1210. The highest BCUT2D eigenvalue weighted by molar-refractivity contribution is 5.96. The lowest BCUT2D eigenvalue weighted by Gasteiger charge is -2.07. The van der Waals surface area contributed by atoms with Crippen molar-refractivity contribution in [1.29, 1.82) is 0 Å². The second kappa shape index (κ2) is 9.71. The van der Waals surface area contributed by atoms with Crippen molar-refractivity contribution in [1.82, 2.24) is 5.43 Å². The monoisotopic (exact) mass is 434 g/mol. The molecule has 0 aromatic heterocycles. The SMILES string of the molecule is O=C(N/N=C/c1ccccc1OC(=O)c1ccc([N+](=O)[O-])cc1)c1ccc([N+](=O)[O-])cc1. The Balaban J connectivity index is 1.67. The number of carbonyl (C=O) groups excluding carboxylic acids is 2. The van der Waals surface area contributed by atoms with E-state index in [9.17, 15) is 29.8 Å². The topological polar surface area (TPSA) is 154 Å². The van der Waals surface area contributed by atoms with Crippen molar-refractivity contribution in [3.63, 3.8) is 0 Å². The number of nitro benzene ring substituents is 2. The van der Waals surface area contributed by atoms with E-state index in [1.807, 2.05) is 0 Å². The van der Waals surface area contributed by atoms with Crippen LogP contribution in [0.1, 0.15) is 26.3 Å². The van der Waals surface area contributed by atoms with Gasteiger partial charge < -0.3 is 4.74 Å². The molecule has 0 saturated heterocycles. The van der Waals surface area contributed by atoms with Gasteiger partial charge in [-0.25, -0.2) is 10.2 Å². The van der Waals surface area contributed by atoms with Crippen molar-refractivity contribution in [2.75, 3.05) is 0 Å². The van der Waals surface area contributed by atoms with Crippen LogP contribution >= 0.6 is 0 Å². The van der Waals surface area contributed by atoms with Gasteiger partial charge in [0.25, 0.3) is 17.3 Å². The molecule has 3 aromatic rings. The van der Waals surface area contributed by atoms with Gasteiger partial charge in [0, 0.05) is 35.4 Å². The molecule has 160 valence electrons. The van der Waals surface area contributed by atoms with Crippen molar-refractivity contribution in [3.05, 3.63) is 110 Å². The molecular formula is C21H14N4O7. The number of carbonyl (C=O) groups is 2. The van der Waals surface area contributed by atoms with Crippen LogP contribution in [0.2, 0.25) is 0 Å². The van der Waals surface area contributed by atoms with Gasteiger partial charge in [-0.05, 0) is 36.4 Å². The third-order valence-corrected chi connectivity index (χ3v) is 4.15. The predicted molar refractivity (Wildman–Crippen MR) is 113 cm³/mol. The number of nitrogens with zero attached hydrogens (tertiary/aromatic N) is 3. The molecule has 0 saturated carbocycles. The van der Waals surface area contributed by atoms with Gasteiger partial charge in [-0.15, -0.1) is 0 Å². The number of non-ortho nitro benzene ring substituents is 2. The molecule has 11 nitrogen and oxygen atoms in total. The van der Waals surface area contributed by atoms with E-state index in [0.717, 1.165) is 0 Å². The molecule has 0 atom stereocenters. The number of hydrogen-bond acceptors (Lipinski definition) is 8. The van der Waals surface area contributed by atoms with Crippen molar-refractivity contribution in [2.45, 2.75) is 0 Å². The zero-order valence-corrected chi connectivity index (χ0v) is 16.2. The largest absolute Gasteiger partial charge is 0.422 e.